The third-order valence-corrected chi connectivity index (χ3v) is 1.82. The second-order valence-electron chi connectivity index (χ2n) is 3.57. The number of rotatable bonds is 6. The largest absolute Gasteiger partial charge is 0.369 e. The molecule has 0 amide bonds. The first-order valence-corrected chi connectivity index (χ1v) is 5.10. The zero-order valence-corrected chi connectivity index (χ0v) is 9.83. The van der Waals surface area contributed by atoms with Crippen molar-refractivity contribution >= 4 is 17.8 Å². The quantitative estimate of drug-likeness (QED) is 0.262. The van der Waals surface area contributed by atoms with Crippen LogP contribution >= 0.6 is 0 Å². The van der Waals surface area contributed by atoms with Crippen molar-refractivity contribution in [3.05, 3.63) is 28.4 Å². The molecule has 1 N–H and O–H groups in total. The summed E-state index contributed by atoms with van der Waals surface area (Å²) in [5.74, 6) is 0.607. The van der Waals surface area contributed by atoms with Crippen molar-refractivity contribution in [2.75, 3.05) is 32.5 Å². The van der Waals surface area contributed by atoms with Crippen LogP contribution in [-0.4, -0.2) is 48.3 Å². The van der Waals surface area contributed by atoms with Crippen LogP contribution in [-0.2, 0) is 0 Å². The maximum absolute atomic E-state index is 10.4. The number of aromatic nitrogens is 1. The van der Waals surface area contributed by atoms with Crippen LogP contribution in [0.3, 0.4) is 0 Å². The Morgan fingerprint density at radius 1 is 1.59 bits per heavy atom. The van der Waals surface area contributed by atoms with Crippen LogP contribution in [0.4, 0.5) is 11.5 Å². The van der Waals surface area contributed by atoms with Gasteiger partial charge < -0.3 is 10.2 Å². The second-order valence-corrected chi connectivity index (χ2v) is 3.57. The molecule has 1 rings (SSSR count). The number of nitrogens with zero attached hydrogens (tertiary/aromatic N) is 4. The predicted molar refractivity (Wildman–Crippen MR) is 66.4 cm³/mol. The molecule has 0 bridgehead atoms. The molecule has 0 fully saturated rings. The van der Waals surface area contributed by atoms with Crippen LogP contribution in [0.1, 0.15) is 0 Å². The molecular formula is C10H15N5O2. The first-order valence-electron chi connectivity index (χ1n) is 5.10. The van der Waals surface area contributed by atoms with E-state index in [1.807, 2.05) is 19.0 Å². The lowest BCUT2D eigenvalue weighted by Crippen LogP contribution is -2.11. The lowest BCUT2D eigenvalue weighted by atomic mass is 10.4. The van der Waals surface area contributed by atoms with E-state index >= 15 is 0 Å². The van der Waals surface area contributed by atoms with Crippen molar-refractivity contribution in [1.29, 1.82) is 0 Å². The van der Waals surface area contributed by atoms with Gasteiger partial charge in [0.15, 0.2) is 0 Å². The van der Waals surface area contributed by atoms with Gasteiger partial charge in [-0.15, -0.1) is 0 Å². The van der Waals surface area contributed by atoms with E-state index < -0.39 is 4.92 Å². The smallest absolute Gasteiger partial charge is 0.287 e. The van der Waals surface area contributed by atoms with Crippen LogP contribution in [0.15, 0.2) is 23.3 Å². The molecule has 0 aliphatic rings. The minimum atomic E-state index is -0.474. The van der Waals surface area contributed by atoms with Crippen molar-refractivity contribution in [2.24, 2.45) is 4.99 Å². The molecular weight excluding hydrogens is 222 g/mol. The molecule has 0 aromatic carbocycles. The fourth-order valence-electron chi connectivity index (χ4n) is 1.07. The summed E-state index contributed by atoms with van der Waals surface area (Å²) in [6, 6.07) is 2.99. The third-order valence-electron chi connectivity index (χ3n) is 1.82. The summed E-state index contributed by atoms with van der Waals surface area (Å²) in [5.41, 5.74) is -0.0128. The van der Waals surface area contributed by atoms with E-state index in [0.717, 1.165) is 0 Å². The molecule has 7 nitrogen and oxygen atoms in total. The average Bonchev–Trinajstić information content (AvgIpc) is 2.29. The summed E-state index contributed by atoms with van der Waals surface area (Å²) in [6.45, 7) is 1.26. The highest BCUT2D eigenvalue weighted by molar-refractivity contribution is 5.53. The minimum Gasteiger partial charge on any atom is -0.369 e. The SMILES string of the molecule is CN(C)C=NCCNc1ccc([N+](=O)[O-])cn1. The number of nitro groups is 1. The monoisotopic (exact) mass is 237 g/mol. The van der Waals surface area contributed by atoms with Crippen LogP contribution in [0.5, 0.6) is 0 Å². The molecule has 0 aliphatic carbocycles. The second kappa shape index (κ2) is 6.41. The molecule has 1 heterocycles. The number of nitrogens with one attached hydrogen (secondary N) is 1. The Labute approximate surface area is 99.3 Å². The highest BCUT2D eigenvalue weighted by Crippen LogP contribution is 2.11. The van der Waals surface area contributed by atoms with Crippen molar-refractivity contribution < 1.29 is 4.92 Å². The van der Waals surface area contributed by atoms with Gasteiger partial charge in [0.1, 0.15) is 12.0 Å². The molecule has 0 unspecified atom stereocenters. The molecule has 1 aromatic heterocycles. The van der Waals surface area contributed by atoms with E-state index in [4.69, 9.17) is 0 Å². The normalized spacial score (nSPS) is 10.5. The van der Waals surface area contributed by atoms with Gasteiger partial charge in [-0.3, -0.25) is 15.1 Å². The van der Waals surface area contributed by atoms with E-state index in [2.05, 4.69) is 15.3 Å². The topological polar surface area (TPSA) is 83.7 Å². The van der Waals surface area contributed by atoms with Gasteiger partial charge in [0.2, 0.25) is 0 Å². The Bertz CT molecular complexity index is 388. The number of pyridine rings is 1. The first-order chi connectivity index (χ1) is 8.09. The van der Waals surface area contributed by atoms with Crippen LogP contribution in [0.25, 0.3) is 0 Å². The Balaban J connectivity index is 2.35. The number of hydrogen-bond donors (Lipinski definition) is 1. The predicted octanol–water partition coefficient (Wildman–Crippen LogP) is 0.992. The van der Waals surface area contributed by atoms with Gasteiger partial charge in [-0.1, -0.05) is 0 Å². The summed E-state index contributed by atoms with van der Waals surface area (Å²) >= 11 is 0. The highest BCUT2D eigenvalue weighted by atomic mass is 16.6. The number of aliphatic imine (C=N–C) groups is 1. The van der Waals surface area contributed by atoms with Gasteiger partial charge in [0.05, 0.1) is 17.8 Å². The Morgan fingerprint density at radius 2 is 2.35 bits per heavy atom. The molecule has 1 aromatic rings. The summed E-state index contributed by atoms with van der Waals surface area (Å²) in [5, 5.41) is 13.4. The molecule has 0 saturated carbocycles. The summed E-state index contributed by atoms with van der Waals surface area (Å²) in [6.07, 6.45) is 2.95. The lowest BCUT2D eigenvalue weighted by molar-refractivity contribution is -0.385. The standard InChI is InChI=1S/C10H15N5O2/c1-14(2)8-11-5-6-12-10-4-3-9(7-13-10)15(16)17/h3-4,7-8H,5-6H2,1-2H3,(H,12,13). The Hall–Kier alpha value is -2.18. The fourth-order valence-corrected chi connectivity index (χ4v) is 1.07. The molecule has 0 radical (unpaired) electrons. The fraction of sp³-hybridized carbons (Fsp3) is 0.400. The van der Waals surface area contributed by atoms with Crippen LogP contribution < -0.4 is 5.32 Å². The average molecular weight is 237 g/mol. The van der Waals surface area contributed by atoms with Crippen molar-refractivity contribution in [3.63, 3.8) is 0 Å². The maximum Gasteiger partial charge on any atom is 0.287 e. The first kappa shape index (κ1) is 12.9. The maximum atomic E-state index is 10.4. The number of hydrogen-bond acceptors (Lipinski definition) is 5. The Kier molecular flexibility index (Phi) is 4.86. The van der Waals surface area contributed by atoms with Gasteiger partial charge >= 0.3 is 0 Å². The summed E-state index contributed by atoms with van der Waals surface area (Å²) in [7, 11) is 3.80. The van der Waals surface area contributed by atoms with Gasteiger partial charge in [-0.2, -0.15) is 0 Å². The Morgan fingerprint density at radius 3 is 2.88 bits per heavy atom. The lowest BCUT2D eigenvalue weighted by Gasteiger charge is -2.04. The molecule has 0 spiro atoms. The molecule has 0 atom stereocenters. The molecule has 92 valence electrons. The third kappa shape index (κ3) is 4.92. The van der Waals surface area contributed by atoms with Crippen molar-refractivity contribution in [1.82, 2.24) is 9.88 Å². The zero-order valence-electron chi connectivity index (χ0n) is 9.83. The van der Waals surface area contributed by atoms with Gasteiger partial charge in [0, 0.05) is 26.7 Å². The van der Waals surface area contributed by atoms with E-state index in [1.165, 1.54) is 12.3 Å². The molecule has 0 aliphatic heterocycles. The van der Waals surface area contributed by atoms with E-state index in [1.54, 1.807) is 12.4 Å². The van der Waals surface area contributed by atoms with Crippen LogP contribution in [0.2, 0.25) is 0 Å². The van der Waals surface area contributed by atoms with Crippen molar-refractivity contribution in [2.45, 2.75) is 0 Å². The van der Waals surface area contributed by atoms with Gasteiger partial charge in [0.25, 0.3) is 5.69 Å². The van der Waals surface area contributed by atoms with Crippen molar-refractivity contribution in [3.8, 4) is 0 Å². The number of anilines is 1. The van der Waals surface area contributed by atoms with Crippen LogP contribution in [0, 0.1) is 10.1 Å². The molecule has 7 heteroatoms. The minimum absolute atomic E-state index is 0.0128. The van der Waals surface area contributed by atoms with E-state index in [9.17, 15) is 10.1 Å². The summed E-state index contributed by atoms with van der Waals surface area (Å²) in [4.78, 5) is 19.8. The van der Waals surface area contributed by atoms with E-state index in [-0.39, 0.29) is 5.69 Å². The molecule has 0 saturated heterocycles. The van der Waals surface area contributed by atoms with Gasteiger partial charge in [-0.05, 0) is 6.07 Å². The van der Waals surface area contributed by atoms with E-state index in [0.29, 0.717) is 18.9 Å². The zero-order chi connectivity index (χ0) is 12.7. The van der Waals surface area contributed by atoms with Gasteiger partial charge in [-0.25, -0.2) is 4.98 Å². The summed E-state index contributed by atoms with van der Waals surface area (Å²) < 4.78 is 0. The highest BCUT2D eigenvalue weighted by Gasteiger charge is 2.04. The molecule has 17 heavy (non-hydrogen) atoms.